The van der Waals surface area contributed by atoms with E-state index in [4.69, 9.17) is 4.74 Å². The van der Waals surface area contributed by atoms with Crippen LogP contribution in [0, 0.1) is 0 Å². The van der Waals surface area contributed by atoms with Gasteiger partial charge < -0.3 is 4.74 Å². The molecule has 0 unspecified atom stereocenters. The standard InChI is InChI=1S/C21H22N2O3/c1-2-3-12-18(24)19(16-9-5-4-6-10-16)20(17-11-7-8-13-22-17)23-14-15-26-21(23)25/h4-11,13H,2-3,12,14-15H2,1H3/b20-19+. The van der Waals surface area contributed by atoms with E-state index in [1.54, 1.807) is 6.20 Å². The van der Waals surface area contributed by atoms with Crippen molar-refractivity contribution in [3.63, 3.8) is 0 Å². The minimum Gasteiger partial charge on any atom is -0.447 e. The molecule has 0 N–H and O–H groups in total. The number of aromatic nitrogens is 1. The van der Waals surface area contributed by atoms with Crippen molar-refractivity contribution in [1.29, 1.82) is 0 Å². The lowest BCUT2D eigenvalue weighted by Gasteiger charge is -2.21. The second kappa shape index (κ2) is 8.43. The Hall–Kier alpha value is -2.95. The minimum absolute atomic E-state index is 0.0124. The van der Waals surface area contributed by atoms with Gasteiger partial charge in [-0.15, -0.1) is 0 Å². The third kappa shape index (κ3) is 3.82. The first-order valence-electron chi connectivity index (χ1n) is 8.91. The first-order valence-corrected chi connectivity index (χ1v) is 8.91. The number of amides is 1. The molecule has 1 aromatic heterocycles. The fourth-order valence-electron chi connectivity index (χ4n) is 3.00. The third-order valence-electron chi connectivity index (χ3n) is 4.27. The second-order valence-corrected chi connectivity index (χ2v) is 6.10. The van der Waals surface area contributed by atoms with Crippen molar-refractivity contribution < 1.29 is 14.3 Å². The lowest BCUT2D eigenvalue weighted by Crippen LogP contribution is -2.26. The van der Waals surface area contributed by atoms with Gasteiger partial charge >= 0.3 is 6.09 Å². The number of pyridine rings is 1. The van der Waals surface area contributed by atoms with Crippen molar-refractivity contribution in [3.05, 3.63) is 66.0 Å². The van der Waals surface area contributed by atoms with Gasteiger partial charge in [-0.1, -0.05) is 49.7 Å². The predicted octanol–water partition coefficient (Wildman–Crippen LogP) is 4.16. The van der Waals surface area contributed by atoms with Crippen molar-refractivity contribution >= 4 is 23.1 Å². The maximum absolute atomic E-state index is 13.1. The van der Waals surface area contributed by atoms with Gasteiger partial charge in [-0.3, -0.25) is 14.7 Å². The monoisotopic (exact) mass is 350 g/mol. The average molecular weight is 350 g/mol. The van der Waals surface area contributed by atoms with Crippen molar-refractivity contribution in [2.24, 2.45) is 0 Å². The first kappa shape index (κ1) is 17.9. The number of carbonyl (C=O) groups is 2. The summed E-state index contributed by atoms with van der Waals surface area (Å²) in [6, 6.07) is 14.9. The van der Waals surface area contributed by atoms with Gasteiger partial charge in [0.1, 0.15) is 6.61 Å². The molecule has 1 aliphatic rings. The highest BCUT2D eigenvalue weighted by Gasteiger charge is 2.31. The normalized spacial score (nSPS) is 14.8. The molecule has 1 fully saturated rings. The zero-order chi connectivity index (χ0) is 18.4. The van der Waals surface area contributed by atoms with Crippen LogP contribution in [0.2, 0.25) is 0 Å². The highest BCUT2D eigenvalue weighted by Crippen LogP contribution is 2.32. The number of benzene rings is 1. The van der Waals surface area contributed by atoms with Crippen LogP contribution >= 0.6 is 0 Å². The molecule has 1 saturated heterocycles. The molecule has 2 heterocycles. The summed E-state index contributed by atoms with van der Waals surface area (Å²) < 4.78 is 5.13. The van der Waals surface area contributed by atoms with E-state index in [0.29, 0.717) is 36.5 Å². The Balaban J connectivity index is 2.21. The van der Waals surface area contributed by atoms with Crippen molar-refractivity contribution in [2.75, 3.05) is 13.2 Å². The summed E-state index contributed by atoms with van der Waals surface area (Å²) in [5, 5.41) is 0. The molecule has 0 aliphatic carbocycles. The van der Waals surface area contributed by atoms with E-state index in [1.165, 1.54) is 4.90 Å². The van der Waals surface area contributed by atoms with Crippen molar-refractivity contribution in [1.82, 2.24) is 9.88 Å². The molecule has 1 aromatic carbocycles. The number of allylic oxidation sites excluding steroid dienone is 1. The molecule has 134 valence electrons. The molecule has 1 amide bonds. The van der Waals surface area contributed by atoms with Gasteiger partial charge in [0.25, 0.3) is 0 Å². The van der Waals surface area contributed by atoms with Crippen LogP contribution in [0.3, 0.4) is 0 Å². The summed E-state index contributed by atoms with van der Waals surface area (Å²) >= 11 is 0. The number of cyclic esters (lactones) is 1. The van der Waals surface area contributed by atoms with Crippen molar-refractivity contribution in [2.45, 2.75) is 26.2 Å². The van der Waals surface area contributed by atoms with Crippen LogP contribution in [0.4, 0.5) is 4.79 Å². The van der Waals surface area contributed by atoms with Gasteiger partial charge in [-0.25, -0.2) is 4.79 Å². The van der Waals surface area contributed by atoms with Crippen LogP contribution in [0.15, 0.2) is 54.7 Å². The molecule has 5 heteroatoms. The Bertz CT molecular complexity index is 801. The van der Waals surface area contributed by atoms with Crippen LogP contribution in [-0.4, -0.2) is 34.9 Å². The molecule has 3 rings (SSSR count). The lowest BCUT2D eigenvalue weighted by atomic mass is 9.94. The fourth-order valence-corrected chi connectivity index (χ4v) is 3.00. The van der Waals surface area contributed by atoms with E-state index in [9.17, 15) is 9.59 Å². The number of unbranched alkanes of at least 4 members (excludes halogenated alkanes) is 1. The summed E-state index contributed by atoms with van der Waals surface area (Å²) in [4.78, 5) is 31.3. The molecule has 5 nitrogen and oxygen atoms in total. The molecule has 0 radical (unpaired) electrons. The van der Waals surface area contributed by atoms with Gasteiger partial charge in [0.2, 0.25) is 0 Å². The molecule has 1 aliphatic heterocycles. The predicted molar refractivity (Wildman–Crippen MR) is 100 cm³/mol. The Kier molecular flexibility index (Phi) is 5.79. The van der Waals surface area contributed by atoms with Crippen LogP contribution < -0.4 is 0 Å². The largest absolute Gasteiger partial charge is 0.447 e. The average Bonchev–Trinajstić information content (AvgIpc) is 3.11. The number of rotatable bonds is 7. The lowest BCUT2D eigenvalue weighted by molar-refractivity contribution is -0.113. The number of nitrogens with zero attached hydrogens (tertiary/aromatic N) is 2. The zero-order valence-corrected chi connectivity index (χ0v) is 14.9. The van der Waals surface area contributed by atoms with Gasteiger partial charge in [0, 0.05) is 12.6 Å². The SMILES string of the molecule is CCCCC(=O)/C(=C(\c1ccccn1)N1CCOC1=O)c1ccccc1. The van der Waals surface area contributed by atoms with Gasteiger partial charge in [0.15, 0.2) is 5.78 Å². The summed E-state index contributed by atoms with van der Waals surface area (Å²) in [6.45, 7) is 2.76. The molecule has 2 aromatic rings. The van der Waals surface area contributed by atoms with Crippen LogP contribution in [0.1, 0.15) is 37.4 Å². The van der Waals surface area contributed by atoms with Gasteiger partial charge in [-0.05, 0) is 24.1 Å². The van der Waals surface area contributed by atoms with E-state index in [0.717, 1.165) is 18.4 Å². The molecule has 0 bridgehead atoms. The zero-order valence-electron chi connectivity index (χ0n) is 14.9. The topological polar surface area (TPSA) is 59.5 Å². The summed E-state index contributed by atoms with van der Waals surface area (Å²) in [5.41, 5.74) is 2.43. The minimum atomic E-state index is -0.442. The van der Waals surface area contributed by atoms with E-state index < -0.39 is 6.09 Å². The molecular weight excluding hydrogens is 328 g/mol. The number of carbonyl (C=O) groups excluding carboxylic acids is 2. The van der Waals surface area contributed by atoms with E-state index in [-0.39, 0.29) is 5.78 Å². The second-order valence-electron chi connectivity index (χ2n) is 6.10. The molecule has 0 spiro atoms. The Morgan fingerprint density at radius 1 is 1.15 bits per heavy atom. The Morgan fingerprint density at radius 3 is 2.54 bits per heavy atom. The van der Waals surface area contributed by atoms with E-state index in [1.807, 2.05) is 48.5 Å². The quantitative estimate of drug-likeness (QED) is 0.704. The number of Topliss-reactive ketones (excluding diaryl/α,β-unsaturated/α-hetero) is 1. The van der Waals surface area contributed by atoms with Crippen LogP contribution in [0.25, 0.3) is 11.3 Å². The first-order chi connectivity index (χ1) is 12.7. The summed E-state index contributed by atoms with van der Waals surface area (Å²) in [5.74, 6) is 0.0124. The summed E-state index contributed by atoms with van der Waals surface area (Å²) in [6.07, 6.45) is 3.38. The highest BCUT2D eigenvalue weighted by molar-refractivity contribution is 6.28. The third-order valence-corrected chi connectivity index (χ3v) is 4.27. The number of hydrogen-bond acceptors (Lipinski definition) is 4. The Labute approximate surface area is 153 Å². The van der Waals surface area contributed by atoms with Gasteiger partial charge in [-0.2, -0.15) is 0 Å². The van der Waals surface area contributed by atoms with E-state index in [2.05, 4.69) is 11.9 Å². The van der Waals surface area contributed by atoms with Crippen molar-refractivity contribution in [3.8, 4) is 0 Å². The Morgan fingerprint density at radius 2 is 1.92 bits per heavy atom. The molecular formula is C21H22N2O3. The smallest absolute Gasteiger partial charge is 0.414 e. The molecule has 0 saturated carbocycles. The van der Waals surface area contributed by atoms with Gasteiger partial charge in [0.05, 0.1) is 23.5 Å². The van der Waals surface area contributed by atoms with Crippen LogP contribution in [0.5, 0.6) is 0 Å². The summed E-state index contributed by atoms with van der Waals surface area (Å²) in [7, 11) is 0. The van der Waals surface area contributed by atoms with E-state index >= 15 is 0 Å². The molecule has 0 atom stereocenters. The van der Waals surface area contributed by atoms with Crippen LogP contribution in [-0.2, 0) is 9.53 Å². The maximum atomic E-state index is 13.1. The highest BCUT2D eigenvalue weighted by atomic mass is 16.6. The number of ether oxygens (including phenoxy) is 1. The number of ketones is 1. The maximum Gasteiger partial charge on any atom is 0.414 e. The fraction of sp³-hybridized carbons (Fsp3) is 0.286. The number of hydrogen-bond donors (Lipinski definition) is 0. The molecule has 26 heavy (non-hydrogen) atoms.